The third-order valence-electron chi connectivity index (χ3n) is 3.24. The first-order valence-corrected chi connectivity index (χ1v) is 7.89. The van der Waals surface area contributed by atoms with Crippen LogP contribution >= 0.6 is 0 Å². The van der Waals surface area contributed by atoms with Crippen molar-refractivity contribution in [1.82, 2.24) is 9.62 Å². The molecule has 0 spiro atoms. The number of piperidine rings is 1. The van der Waals surface area contributed by atoms with Gasteiger partial charge < -0.3 is 10.4 Å². The summed E-state index contributed by atoms with van der Waals surface area (Å²) in [5.41, 5.74) is 0. The first-order chi connectivity index (χ1) is 8.42. The van der Waals surface area contributed by atoms with Gasteiger partial charge in [0.25, 0.3) is 0 Å². The van der Waals surface area contributed by atoms with Crippen molar-refractivity contribution in [3.8, 4) is 0 Å². The van der Waals surface area contributed by atoms with Crippen LogP contribution in [0.1, 0.15) is 25.7 Å². The highest BCUT2D eigenvalue weighted by Crippen LogP contribution is 2.15. The molecule has 0 amide bonds. The molecule has 18 heavy (non-hydrogen) atoms. The average molecular weight is 278 g/mol. The summed E-state index contributed by atoms with van der Waals surface area (Å²) < 4.78 is 25.2. The Morgan fingerprint density at radius 1 is 1.39 bits per heavy atom. The molecular formula is C11H22N2O4S. The molecule has 0 aliphatic carbocycles. The number of carbonyl (C=O) groups is 1. The Kier molecular flexibility index (Phi) is 6.04. The lowest BCUT2D eigenvalue weighted by molar-refractivity contribution is -0.137. The van der Waals surface area contributed by atoms with Gasteiger partial charge >= 0.3 is 5.97 Å². The number of aliphatic carboxylic acids is 1. The van der Waals surface area contributed by atoms with Crippen LogP contribution in [0.5, 0.6) is 0 Å². The molecule has 6 nitrogen and oxygen atoms in total. The van der Waals surface area contributed by atoms with Crippen LogP contribution in [-0.4, -0.2) is 56.2 Å². The molecule has 1 aliphatic rings. The number of carboxylic acids is 1. The van der Waals surface area contributed by atoms with Crippen molar-refractivity contribution in [1.29, 1.82) is 0 Å². The molecule has 106 valence electrons. The molecule has 0 aromatic carbocycles. The lowest BCUT2D eigenvalue weighted by atomic mass is 9.98. The van der Waals surface area contributed by atoms with E-state index in [1.807, 2.05) is 0 Å². The highest BCUT2D eigenvalue weighted by atomic mass is 32.2. The highest BCUT2D eigenvalue weighted by Gasteiger charge is 2.22. The Labute approximate surface area is 108 Å². The molecule has 0 atom stereocenters. The molecule has 0 aromatic rings. The molecule has 0 unspecified atom stereocenters. The number of rotatable bonds is 7. The van der Waals surface area contributed by atoms with Crippen LogP contribution in [0.15, 0.2) is 0 Å². The van der Waals surface area contributed by atoms with Gasteiger partial charge in [-0.3, -0.25) is 4.79 Å². The van der Waals surface area contributed by atoms with E-state index in [0.29, 0.717) is 12.5 Å². The van der Waals surface area contributed by atoms with Crippen LogP contribution in [0.2, 0.25) is 0 Å². The monoisotopic (exact) mass is 278 g/mol. The topological polar surface area (TPSA) is 86.7 Å². The van der Waals surface area contributed by atoms with E-state index in [4.69, 9.17) is 5.11 Å². The smallest absolute Gasteiger partial charge is 0.303 e. The van der Waals surface area contributed by atoms with E-state index in [1.165, 1.54) is 4.31 Å². The van der Waals surface area contributed by atoms with Crippen molar-refractivity contribution < 1.29 is 18.3 Å². The predicted octanol–water partition coefficient (Wildman–Crippen LogP) is 0.112. The van der Waals surface area contributed by atoms with Crippen LogP contribution in [0.3, 0.4) is 0 Å². The summed E-state index contributed by atoms with van der Waals surface area (Å²) in [7, 11) is -1.72. The van der Waals surface area contributed by atoms with E-state index in [1.54, 1.807) is 7.05 Å². The average Bonchev–Trinajstić information content (AvgIpc) is 2.29. The normalized spacial score (nSPS) is 18.1. The number of carboxylic acid groups (broad SMARTS) is 1. The molecule has 7 heteroatoms. The maximum Gasteiger partial charge on any atom is 0.303 e. The Hall–Kier alpha value is -0.660. The van der Waals surface area contributed by atoms with Gasteiger partial charge in [-0.05, 0) is 38.3 Å². The third-order valence-corrected chi connectivity index (χ3v) is 5.15. The first-order valence-electron chi connectivity index (χ1n) is 6.28. The van der Waals surface area contributed by atoms with Crippen molar-refractivity contribution in [3.05, 3.63) is 0 Å². The van der Waals surface area contributed by atoms with Crippen molar-refractivity contribution in [3.63, 3.8) is 0 Å². The molecule has 0 bridgehead atoms. The largest absolute Gasteiger partial charge is 0.481 e. The standard InChI is InChI=1S/C11H22N2O4S/c1-13(9-10-4-6-12-7-5-10)18(16,17)8-2-3-11(14)15/h10,12H,2-9H2,1H3,(H,14,15). The molecule has 1 heterocycles. The van der Waals surface area contributed by atoms with Crippen molar-refractivity contribution in [2.75, 3.05) is 32.4 Å². The maximum absolute atomic E-state index is 11.9. The van der Waals surface area contributed by atoms with Gasteiger partial charge in [-0.15, -0.1) is 0 Å². The van der Waals surface area contributed by atoms with E-state index in [-0.39, 0.29) is 18.6 Å². The number of nitrogens with one attached hydrogen (secondary N) is 1. The summed E-state index contributed by atoms with van der Waals surface area (Å²) >= 11 is 0. The zero-order valence-corrected chi connectivity index (χ0v) is 11.6. The molecule has 1 saturated heterocycles. The fraction of sp³-hybridized carbons (Fsp3) is 0.909. The Morgan fingerprint density at radius 3 is 2.56 bits per heavy atom. The molecular weight excluding hydrogens is 256 g/mol. The summed E-state index contributed by atoms with van der Waals surface area (Å²) in [6.07, 6.45) is 2.07. The molecule has 1 aliphatic heterocycles. The fourth-order valence-electron chi connectivity index (χ4n) is 2.10. The van der Waals surface area contributed by atoms with Gasteiger partial charge in [-0.1, -0.05) is 0 Å². The lowest BCUT2D eigenvalue weighted by Crippen LogP contribution is -2.38. The second-order valence-corrected chi connectivity index (χ2v) is 6.98. The van der Waals surface area contributed by atoms with Crippen LogP contribution < -0.4 is 5.32 Å². The molecule has 1 fully saturated rings. The summed E-state index contributed by atoms with van der Waals surface area (Å²) in [4.78, 5) is 10.4. The molecule has 0 radical (unpaired) electrons. The first kappa shape index (κ1) is 15.4. The quantitative estimate of drug-likeness (QED) is 0.690. The summed E-state index contributed by atoms with van der Waals surface area (Å²) in [5, 5.41) is 11.7. The lowest BCUT2D eigenvalue weighted by Gasteiger charge is -2.27. The summed E-state index contributed by atoms with van der Waals surface area (Å²) in [6, 6.07) is 0. The Balaban J connectivity index is 2.37. The zero-order valence-electron chi connectivity index (χ0n) is 10.8. The van der Waals surface area contributed by atoms with Gasteiger partial charge in [-0.2, -0.15) is 0 Å². The Morgan fingerprint density at radius 2 is 2.00 bits per heavy atom. The van der Waals surface area contributed by atoms with E-state index in [2.05, 4.69) is 5.32 Å². The molecule has 0 aromatic heterocycles. The van der Waals surface area contributed by atoms with Crippen LogP contribution in [-0.2, 0) is 14.8 Å². The van der Waals surface area contributed by atoms with Crippen LogP contribution in [0, 0.1) is 5.92 Å². The fourth-order valence-corrected chi connectivity index (χ4v) is 3.36. The van der Waals surface area contributed by atoms with Crippen LogP contribution in [0.25, 0.3) is 0 Å². The molecule has 0 saturated carbocycles. The van der Waals surface area contributed by atoms with Gasteiger partial charge in [0, 0.05) is 20.0 Å². The maximum atomic E-state index is 11.9. The van der Waals surface area contributed by atoms with Crippen molar-refractivity contribution >= 4 is 16.0 Å². The minimum Gasteiger partial charge on any atom is -0.481 e. The van der Waals surface area contributed by atoms with Gasteiger partial charge in [-0.25, -0.2) is 12.7 Å². The van der Waals surface area contributed by atoms with Crippen LogP contribution in [0.4, 0.5) is 0 Å². The summed E-state index contributed by atoms with van der Waals surface area (Å²) in [6.45, 7) is 2.42. The number of sulfonamides is 1. The van der Waals surface area contributed by atoms with Gasteiger partial charge in [0.05, 0.1) is 5.75 Å². The second kappa shape index (κ2) is 7.06. The second-order valence-electron chi connectivity index (χ2n) is 4.79. The predicted molar refractivity (Wildman–Crippen MR) is 68.9 cm³/mol. The van der Waals surface area contributed by atoms with Gasteiger partial charge in [0.1, 0.15) is 0 Å². The van der Waals surface area contributed by atoms with Gasteiger partial charge in [0.2, 0.25) is 10.0 Å². The van der Waals surface area contributed by atoms with Crippen molar-refractivity contribution in [2.24, 2.45) is 5.92 Å². The molecule has 1 rings (SSSR count). The van der Waals surface area contributed by atoms with E-state index < -0.39 is 16.0 Å². The number of nitrogens with zero attached hydrogens (tertiary/aromatic N) is 1. The highest BCUT2D eigenvalue weighted by molar-refractivity contribution is 7.89. The minimum atomic E-state index is -3.31. The SMILES string of the molecule is CN(CC1CCNCC1)S(=O)(=O)CCCC(=O)O. The van der Waals surface area contributed by atoms with Crippen molar-refractivity contribution in [2.45, 2.75) is 25.7 Å². The van der Waals surface area contributed by atoms with E-state index in [0.717, 1.165) is 25.9 Å². The number of hydrogen-bond acceptors (Lipinski definition) is 4. The molecule has 2 N–H and O–H groups in total. The summed E-state index contributed by atoms with van der Waals surface area (Å²) in [5.74, 6) is -0.627. The zero-order chi connectivity index (χ0) is 13.6. The van der Waals surface area contributed by atoms with E-state index in [9.17, 15) is 13.2 Å². The third kappa shape index (κ3) is 5.32. The van der Waals surface area contributed by atoms with E-state index >= 15 is 0 Å². The Bertz CT molecular complexity index is 363. The van der Waals surface area contributed by atoms with Gasteiger partial charge in [0.15, 0.2) is 0 Å². The minimum absolute atomic E-state index is 0.0826. The number of hydrogen-bond donors (Lipinski definition) is 2.